The summed E-state index contributed by atoms with van der Waals surface area (Å²) in [4.78, 5) is 22.9. The zero-order valence-corrected chi connectivity index (χ0v) is 19.8. The van der Waals surface area contributed by atoms with Crippen LogP contribution in [0.5, 0.6) is 0 Å². The number of benzene rings is 1. The fraction of sp³-hybridized carbons (Fsp3) is 0.429. The molecule has 166 valence electrons. The minimum absolute atomic E-state index is 0.0889. The average Bonchev–Trinajstić information content (AvgIpc) is 3.16. The minimum atomic E-state index is -0.0889. The van der Waals surface area contributed by atoms with Gasteiger partial charge in [0.05, 0.1) is 30.3 Å². The number of carbonyl (C=O) groups is 1. The van der Waals surface area contributed by atoms with E-state index in [1.54, 1.807) is 36.8 Å². The number of aromatic nitrogens is 4. The van der Waals surface area contributed by atoms with Gasteiger partial charge in [-0.3, -0.25) is 4.79 Å². The molecule has 3 rings (SSSR count). The number of anilines is 1. The highest BCUT2D eigenvalue weighted by molar-refractivity contribution is 7.99. The number of carbonyl (C=O) groups excluding carboxylic acids is 1. The fourth-order valence-corrected chi connectivity index (χ4v) is 4.27. The van der Waals surface area contributed by atoms with Crippen molar-refractivity contribution in [3.63, 3.8) is 0 Å². The second kappa shape index (κ2) is 11.4. The number of ether oxygens (including phenoxy) is 1. The van der Waals surface area contributed by atoms with Gasteiger partial charge in [-0.05, 0) is 18.4 Å². The van der Waals surface area contributed by atoms with Crippen molar-refractivity contribution in [2.75, 3.05) is 38.4 Å². The molecular formula is C21H28N6O2S2. The molecule has 0 saturated heterocycles. The summed E-state index contributed by atoms with van der Waals surface area (Å²) in [5.41, 5.74) is 1.43. The summed E-state index contributed by atoms with van der Waals surface area (Å²) in [6.45, 7) is 6.39. The van der Waals surface area contributed by atoms with Gasteiger partial charge in [0, 0.05) is 30.3 Å². The molecular weight excluding hydrogens is 432 g/mol. The average molecular weight is 461 g/mol. The third-order valence-corrected chi connectivity index (χ3v) is 6.04. The first kappa shape index (κ1) is 23.4. The van der Waals surface area contributed by atoms with E-state index in [4.69, 9.17) is 9.72 Å². The lowest BCUT2D eigenvalue weighted by atomic mass is 10.2. The van der Waals surface area contributed by atoms with E-state index in [1.807, 2.05) is 35.2 Å². The van der Waals surface area contributed by atoms with E-state index >= 15 is 0 Å². The lowest BCUT2D eigenvalue weighted by Gasteiger charge is -2.11. The van der Waals surface area contributed by atoms with Gasteiger partial charge < -0.3 is 15.4 Å². The van der Waals surface area contributed by atoms with Gasteiger partial charge >= 0.3 is 0 Å². The largest absolute Gasteiger partial charge is 0.383 e. The molecule has 1 amide bonds. The molecule has 0 aliphatic carbocycles. The predicted octanol–water partition coefficient (Wildman–Crippen LogP) is 3.54. The third-order valence-electron chi connectivity index (χ3n) is 4.38. The van der Waals surface area contributed by atoms with Crippen LogP contribution in [0, 0.1) is 0 Å². The fourth-order valence-electron chi connectivity index (χ4n) is 2.97. The molecule has 8 nitrogen and oxygen atoms in total. The molecule has 3 aromatic rings. The zero-order chi connectivity index (χ0) is 22.2. The molecule has 0 aliphatic rings. The number of fused-ring (bicyclic) bond motifs is 1. The lowest BCUT2D eigenvalue weighted by Crippen LogP contribution is -2.28. The van der Waals surface area contributed by atoms with Crippen LogP contribution in [-0.4, -0.2) is 64.0 Å². The molecule has 2 N–H and O–H groups in total. The highest BCUT2D eigenvalue weighted by Gasteiger charge is 2.15. The first-order valence-corrected chi connectivity index (χ1v) is 12.2. The monoisotopic (exact) mass is 460 g/mol. The Balaban J connectivity index is 1.75. The van der Waals surface area contributed by atoms with Crippen LogP contribution >= 0.6 is 23.5 Å². The molecule has 0 aliphatic heterocycles. The van der Waals surface area contributed by atoms with Gasteiger partial charge in [-0.25, -0.2) is 14.6 Å². The van der Waals surface area contributed by atoms with Gasteiger partial charge in [0.1, 0.15) is 5.82 Å². The molecule has 31 heavy (non-hydrogen) atoms. The van der Waals surface area contributed by atoms with Crippen LogP contribution < -0.4 is 10.6 Å². The number of nitrogens with zero attached hydrogens (tertiary/aromatic N) is 4. The zero-order valence-electron chi connectivity index (χ0n) is 18.2. The number of methoxy groups -OCH3 is 1. The Bertz CT molecular complexity index is 1020. The molecule has 1 aromatic carbocycles. The maximum absolute atomic E-state index is 12.6. The van der Waals surface area contributed by atoms with Crippen LogP contribution in [0.25, 0.3) is 11.0 Å². The quantitative estimate of drug-likeness (QED) is 0.255. The summed E-state index contributed by atoms with van der Waals surface area (Å²) < 4.78 is 6.94. The topological polar surface area (TPSA) is 94.0 Å². The van der Waals surface area contributed by atoms with Crippen LogP contribution in [0.2, 0.25) is 0 Å². The van der Waals surface area contributed by atoms with Crippen LogP contribution in [0.3, 0.4) is 0 Å². The van der Waals surface area contributed by atoms with E-state index in [9.17, 15) is 4.79 Å². The number of hydrogen-bond acceptors (Lipinski definition) is 8. The molecule has 0 bridgehead atoms. The SMILES string of the molecule is COCCNc1nc(SC(C)C)nc2c1cnn2CCNC(=O)c1ccccc1SC. The van der Waals surface area contributed by atoms with E-state index in [1.165, 1.54) is 0 Å². The minimum Gasteiger partial charge on any atom is -0.383 e. The number of hydrogen-bond donors (Lipinski definition) is 2. The maximum Gasteiger partial charge on any atom is 0.252 e. The van der Waals surface area contributed by atoms with Crippen LogP contribution in [0.1, 0.15) is 24.2 Å². The highest BCUT2D eigenvalue weighted by Crippen LogP contribution is 2.26. The first-order valence-electron chi connectivity index (χ1n) is 10.1. The Morgan fingerprint density at radius 2 is 2.03 bits per heavy atom. The van der Waals surface area contributed by atoms with Crippen molar-refractivity contribution in [2.24, 2.45) is 0 Å². The van der Waals surface area contributed by atoms with Crippen LogP contribution in [-0.2, 0) is 11.3 Å². The van der Waals surface area contributed by atoms with Gasteiger partial charge in [-0.2, -0.15) is 5.10 Å². The van der Waals surface area contributed by atoms with Crippen molar-refractivity contribution in [1.29, 1.82) is 0 Å². The second-order valence-corrected chi connectivity index (χ2v) is 9.39. The van der Waals surface area contributed by atoms with Crippen molar-refractivity contribution in [1.82, 2.24) is 25.1 Å². The Hall–Kier alpha value is -2.30. The van der Waals surface area contributed by atoms with Crippen molar-refractivity contribution < 1.29 is 9.53 Å². The molecule has 0 radical (unpaired) electrons. The Morgan fingerprint density at radius 1 is 1.23 bits per heavy atom. The van der Waals surface area contributed by atoms with Gasteiger partial charge in [-0.1, -0.05) is 37.7 Å². The molecule has 10 heteroatoms. The Morgan fingerprint density at radius 3 is 2.77 bits per heavy atom. The molecule has 0 fully saturated rings. The normalized spacial score (nSPS) is 11.3. The van der Waals surface area contributed by atoms with Crippen LogP contribution in [0.4, 0.5) is 5.82 Å². The van der Waals surface area contributed by atoms with Crippen molar-refractivity contribution >= 4 is 46.3 Å². The van der Waals surface area contributed by atoms with Gasteiger partial charge in [0.15, 0.2) is 10.8 Å². The molecule has 0 unspecified atom stereocenters. The van der Waals surface area contributed by atoms with E-state index in [-0.39, 0.29) is 5.91 Å². The molecule has 2 aromatic heterocycles. The van der Waals surface area contributed by atoms with Gasteiger partial charge in [-0.15, -0.1) is 11.8 Å². The summed E-state index contributed by atoms with van der Waals surface area (Å²) in [6, 6.07) is 7.59. The molecule has 0 spiro atoms. The van der Waals surface area contributed by atoms with Gasteiger partial charge in [0.25, 0.3) is 5.91 Å². The lowest BCUT2D eigenvalue weighted by molar-refractivity contribution is 0.0949. The van der Waals surface area contributed by atoms with Crippen molar-refractivity contribution in [2.45, 2.75) is 35.7 Å². The summed E-state index contributed by atoms with van der Waals surface area (Å²) >= 11 is 3.16. The summed E-state index contributed by atoms with van der Waals surface area (Å²) in [6.07, 6.45) is 3.73. The molecule has 0 atom stereocenters. The molecule has 2 heterocycles. The summed E-state index contributed by atoms with van der Waals surface area (Å²) in [7, 11) is 1.67. The van der Waals surface area contributed by atoms with E-state index in [2.05, 4.69) is 34.6 Å². The third kappa shape index (κ3) is 6.11. The Kier molecular flexibility index (Phi) is 8.56. The predicted molar refractivity (Wildman–Crippen MR) is 127 cm³/mol. The second-order valence-electron chi connectivity index (χ2n) is 7.00. The van der Waals surface area contributed by atoms with E-state index in [0.717, 1.165) is 21.7 Å². The number of rotatable bonds is 11. The van der Waals surface area contributed by atoms with Gasteiger partial charge in [0.2, 0.25) is 0 Å². The Labute approximate surface area is 190 Å². The number of thioether (sulfide) groups is 2. The number of nitrogens with one attached hydrogen (secondary N) is 2. The summed E-state index contributed by atoms with van der Waals surface area (Å²) in [5.74, 6) is 0.656. The summed E-state index contributed by atoms with van der Waals surface area (Å²) in [5, 5.41) is 12.7. The maximum atomic E-state index is 12.6. The van der Waals surface area contributed by atoms with E-state index in [0.29, 0.717) is 42.2 Å². The standard InChI is InChI=1S/C21H28N6O2S2/c1-14(2)31-21-25-18(22-10-12-29-3)16-13-24-27(19(16)26-21)11-9-23-20(28)15-7-5-6-8-17(15)30-4/h5-8,13-14H,9-12H2,1-4H3,(H,23,28)(H,22,25,26). The highest BCUT2D eigenvalue weighted by atomic mass is 32.2. The van der Waals surface area contributed by atoms with Crippen LogP contribution in [0.15, 0.2) is 40.5 Å². The van der Waals surface area contributed by atoms with Crippen molar-refractivity contribution in [3.05, 3.63) is 36.0 Å². The van der Waals surface area contributed by atoms with E-state index < -0.39 is 0 Å². The molecule has 0 saturated carbocycles. The number of amides is 1. The smallest absolute Gasteiger partial charge is 0.252 e. The van der Waals surface area contributed by atoms with Crippen molar-refractivity contribution in [3.8, 4) is 0 Å². The first-order chi connectivity index (χ1) is 15.0.